The zero-order chi connectivity index (χ0) is 10.1. The Kier molecular flexibility index (Phi) is 2.22. The number of alkyl halides is 3. The van der Waals surface area contributed by atoms with E-state index in [0.29, 0.717) is 6.07 Å². The minimum Gasteiger partial charge on any atom is -0.506 e. The Hall–Kier alpha value is -1.59. The number of ketones is 1. The smallest absolute Gasteiger partial charge is 0.454 e. The van der Waals surface area contributed by atoms with Gasteiger partial charge in [0.25, 0.3) is 5.78 Å². The molecule has 0 saturated carbocycles. The third kappa shape index (κ3) is 2.17. The first-order valence-electron chi connectivity index (χ1n) is 3.17. The monoisotopic (exact) mass is 191 g/mol. The van der Waals surface area contributed by atoms with Crippen molar-refractivity contribution in [1.29, 1.82) is 0 Å². The molecule has 0 unspecified atom stereocenters. The highest BCUT2D eigenvalue weighted by atomic mass is 19.4. The van der Waals surface area contributed by atoms with Gasteiger partial charge in [0.1, 0.15) is 5.75 Å². The molecule has 0 spiro atoms. The van der Waals surface area contributed by atoms with Gasteiger partial charge in [-0.2, -0.15) is 13.2 Å². The summed E-state index contributed by atoms with van der Waals surface area (Å²) in [5, 5.41) is 8.75. The van der Waals surface area contributed by atoms with Crippen LogP contribution in [-0.2, 0) is 0 Å². The molecule has 0 bridgehead atoms. The zero-order valence-electron chi connectivity index (χ0n) is 6.17. The largest absolute Gasteiger partial charge is 0.506 e. The van der Waals surface area contributed by atoms with Crippen LogP contribution in [0.25, 0.3) is 0 Å². The Morgan fingerprint density at radius 1 is 1.38 bits per heavy atom. The highest BCUT2D eigenvalue weighted by Gasteiger charge is 2.39. The van der Waals surface area contributed by atoms with E-state index >= 15 is 0 Å². The Labute approximate surface area is 70.8 Å². The molecule has 0 atom stereocenters. The van der Waals surface area contributed by atoms with Crippen molar-refractivity contribution in [2.75, 3.05) is 0 Å². The summed E-state index contributed by atoms with van der Waals surface area (Å²) in [7, 11) is 0. The van der Waals surface area contributed by atoms with Crippen LogP contribution in [-0.4, -0.2) is 22.1 Å². The summed E-state index contributed by atoms with van der Waals surface area (Å²) in [4.78, 5) is 13.8. The van der Waals surface area contributed by atoms with Gasteiger partial charge in [0.2, 0.25) is 0 Å². The lowest BCUT2D eigenvalue weighted by Crippen LogP contribution is -2.22. The fourth-order valence-electron chi connectivity index (χ4n) is 0.716. The summed E-state index contributed by atoms with van der Waals surface area (Å²) in [5.41, 5.74) is -0.674. The van der Waals surface area contributed by atoms with Crippen LogP contribution in [0, 0.1) is 0 Å². The average Bonchev–Trinajstić information content (AvgIpc) is 2.01. The molecule has 1 rings (SSSR count). The lowest BCUT2D eigenvalue weighted by atomic mass is 10.2. The van der Waals surface area contributed by atoms with Crippen LogP contribution in [0.15, 0.2) is 18.5 Å². The number of hydrogen-bond donors (Lipinski definition) is 1. The molecule has 0 aliphatic heterocycles. The van der Waals surface area contributed by atoms with Gasteiger partial charge in [-0.1, -0.05) is 0 Å². The molecule has 6 heteroatoms. The van der Waals surface area contributed by atoms with Gasteiger partial charge < -0.3 is 5.11 Å². The second kappa shape index (κ2) is 3.04. The first-order chi connectivity index (χ1) is 5.91. The molecular weight excluding hydrogens is 187 g/mol. The molecule has 0 aromatic carbocycles. The van der Waals surface area contributed by atoms with Crippen LogP contribution in [0.1, 0.15) is 10.4 Å². The molecule has 70 valence electrons. The van der Waals surface area contributed by atoms with Crippen LogP contribution < -0.4 is 0 Å². The molecular formula is C7H4F3NO2. The molecule has 0 amide bonds. The highest BCUT2D eigenvalue weighted by molar-refractivity contribution is 6.00. The number of carbonyl (C=O) groups excluding carboxylic acids is 1. The van der Waals surface area contributed by atoms with E-state index in [1.54, 1.807) is 0 Å². The number of halogens is 3. The van der Waals surface area contributed by atoms with E-state index < -0.39 is 23.3 Å². The van der Waals surface area contributed by atoms with Crippen LogP contribution in [0.4, 0.5) is 13.2 Å². The van der Waals surface area contributed by atoms with E-state index in [-0.39, 0.29) is 0 Å². The van der Waals surface area contributed by atoms with Crippen LogP contribution in [0.3, 0.4) is 0 Å². The van der Waals surface area contributed by atoms with Crippen molar-refractivity contribution in [3.05, 3.63) is 24.0 Å². The molecule has 1 N–H and O–H groups in total. The second-order valence-corrected chi connectivity index (χ2v) is 2.26. The maximum atomic E-state index is 11.8. The van der Waals surface area contributed by atoms with Crippen LogP contribution >= 0.6 is 0 Å². The number of hydrogen-bond acceptors (Lipinski definition) is 3. The number of aromatic hydroxyl groups is 1. The molecule has 1 heterocycles. The average molecular weight is 191 g/mol. The van der Waals surface area contributed by atoms with E-state index in [4.69, 9.17) is 5.11 Å². The van der Waals surface area contributed by atoms with Gasteiger partial charge in [0.15, 0.2) is 0 Å². The van der Waals surface area contributed by atoms with Crippen molar-refractivity contribution in [2.24, 2.45) is 0 Å². The van der Waals surface area contributed by atoms with E-state index in [0.717, 1.165) is 12.4 Å². The predicted molar refractivity (Wildman–Crippen MR) is 36.3 cm³/mol. The highest BCUT2D eigenvalue weighted by Crippen LogP contribution is 2.22. The van der Waals surface area contributed by atoms with Crippen molar-refractivity contribution in [2.45, 2.75) is 6.18 Å². The molecule has 1 aromatic heterocycles. The van der Waals surface area contributed by atoms with E-state index in [1.165, 1.54) is 0 Å². The van der Waals surface area contributed by atoms with Crippen molar-refractivity contribution in [3.63, 3.8) is 0 Å². The van der Waals surface area contributed by atoms with Crippen LogP contribution in [0.2, 0.25) is 0 Å². The minimum atomic E-state index is -4.94. The van der Waals surface area contributed by atoms with Gasteiger partial charge in [-0.25, -0.2) is 0 Å². The Morgan fingerprint density at radius 3 is 2.46 bits per heavy atom. The fraction of sp³-hybridized carbons (Fsp3) is 0.143. The Bertz CT molecular complexity index is 335. The SMILES string of the molecule is O=C(c1cncc(O)c1)C(F)(F)F. The molecule has 1 aromatic rings. The molecule has 0 fully saturated rings. The summed E-state index contributed by atoms with van der Waals surface area (Å²) in [6.07, 6.45) is -3.25. The second-order valence-electron chi connectivity index (χ2n) is 2.26. The van der Waals surface area contributed by atoms with Gasteiger partial charge in [-0.3, -0.25) is 9.78 Å². The molecule has 3 nitrogen and oxygen atoms in total. The van der Waals surface area contributed by atoms with E-state index in [2.05, 4.69) is 4.98 Å². The van der Waals surface area contributed by atoms with Gasteiger partial charge in [0.05, 0.1) is 6.20 Å². The van der Waals surface area contributed by atoms with Crippen molar-refractivity contribution < 1.29 is 23.1 Å². The predicted octanol–water partition coefficient (Wildman–Crippen LogP) is 1.53. The molecule has 0 radical (unpaired) electrons. The number of nitrogens with zero attached hydrogens (tertiary/aromatic N) is 1. The number of aromatic nitrogens is 1. The summed E-state index contributed by atoms with van der Waals surface area (Å²) < 4.78 is 35.4. The van der Waals surface area contributed by atoms with E-state index in [9.17, 15) is 18.0 Å². The maximum Gasteiger partial charge on any atom is 0.454 e. The Balaban J connectivity index is 3.03. The van der Waals surface area contributed by atoms with Crippen LogP contribution in [0.5, 0.6) is 5.75 Å². The molecule has 0 aliphatic carbocycles. The summed E-state index contributed by atoms with van der Waals surface area (Å²) in [6.45, 7) is 0. The van der Waals surface area contributed by atoms with Gasteiger partial charge in [0, 0.05) is 11.8 Å². The van der Waals surface area contributed by atoms with Crippen molar-refractivity contribution in [3.8, 4) is 5.75 Å². The number of Topliss-reactive ketones (excluding diaryl/α,β-unsaturated/α-hetero) is 1. The third-order valence-electron chi connectivity index (χ3n) is 1.24. The summed E-state index contributed by atoms with van der Waals surface area (Å²) >= 11 is 0. The van der Waals surface area contributed by atoms with Gasteiger partial charge in [-0.05, 0) is 6.07 Å². The normalized spacial score (nSPS) is 11.3. The van der Waals surface area contributed by atoms with E-state index in [1.807, 2.05) is 0 Å². The summed E-state index contributed by atoms with van der Waals surface area (Å²) in [5.74, 6) is -2.49. The molecule has 0 aliphatic rings. The first kappa shape index (κ1) is 9.50. The fourth-order valence-corrected chi connectivity index (χ4v) is 0.716. The quantitative estimate of drug-likeness (QED) is 0.685. The molecule has 13 heavy (non-hydrogen) atoms. The maximum absolute atomic E-state index is 11.8. The van der Waals surface area contributed by atoms with Gasteiger partial charge in [-0.15, -0.1) is 0 Å². The third-order valence-corrected chi connectivity index (χ3v) is 1.24. The Morgan fingerprint density at radius 2 is 2.00 bits per heavy atom. The minimum absolute atomic E-state index is 0.477. The number of rotatable bonds is 1. The van der Waals surface area contributed by atoms with Gasteiger partial charge >= 0.3 is 6.18 Å². The van der Waals surface area contributed by atoms with Crippen molar-refractivity contribution in [1.82, 2.24) is 4.98 Å². The lowest BCUT2D eigenvalue weighted by molar-refractivity contribution is -0.0885. The lowest BCUT2D eigenvalue weighted by Gasteiger charge is -2.03. The number of pyridine rings is 1. The zero-order valence-corrected chi connectivity index (χ0v) is 6.17. The topological polar surface area (TPSA) is 50.2 Å². The molecule has 0 saturated heterocycles. The number of carbonyl (C=O) groups is 1. The van der Waals surface area contributed by atoms with Crippen molar-refractivity contribution >= 4 is 5.78 Å². The summed E-state index contributed by atoms with van der Waals surface area (Å²) in [6, 6.07) is 0.711. The first-order valence-corrected chi connectivity index (χ1v) is 3.17. The standard InChI is InChI=1S/C7H4F3NO2/c8-7(9,10)6(13)4-1-5(12)3-11-2-4/h1-3,12H.